The molecule has 9 nitrogen and oxygen atoms in total. The Hall–Kier alpha value is -3.77. The molecule has 0 radical (unpaired) electrons. The van der Waals surface area contributed by atoms with Crippen LogP contribution >= 0.6 is 0 Å². The van der Waals surface area contributed by atoms with E-state index < -0.39 is 27.6 Å². The number of anilines is 2. The number of ether oxygens (including phenoxy) is 1. The topological polar surface area (TPSA) is 129 Å². The summed E-state index contributed by atoms with van der Waals surface area (Å²) < 4.78 is 60.4. The number of amides is 1. The van der Waals surface area contributed by atoms with E-state index in [1.54, 1.807) is 35.2 Å². The van der Waals surface area contributed by atoms with E-state index in [2.05, 4.69) is 11.9 Å². The van der Waals surface area contributed by atoms with Crippen molar-refractivity contribution in [3.8, 4) is 0 Å². The Bertz CT molecular complexity index is 1290. The fraction of sp³-hybridized carbons (Fsp3) is 0.333. The number of unbranched alkanes of at least 4 members (excludes halogenated alkanes) is 2. The molecule has 1 saturated heterocycles. The predicted molar refractivity (Wildman–Crippen MR) is 147 cm³/mol. The van der Waals surface area contributed by atoms with E-state index >= 15 is 0 Å². The van der Waals surface area contributed by atoms with Crippen LogP contribution in [0.5, 0.6) is 0 Å². The summed E-state index contributed by atoms with van der Waals surface area (Å²) in [5.41, 5.74) is 6.88. The standard InChI is InChI=1S/C27H33F2N5O4S/c1-2-3-4-5-14-38-26(27(35)32-24-16-21(28)15-22(29)17-24)25(18-30)33-10-12-34(13-11-33)39(36,37)19-20-6-8-23(31)9-7-20/h2,6-9,15-18,30H,1,3-5,10-14,19,31H2,(H,32,35)/b26-25-,30-18?. The summed E-state index contributed by atoms with van der Waals surface area (Å²) in [5.74, 6) is -2.85. The summed E-state index contributed by atoms with van der Waals surface area (Å²) in [6.45, 7) is 4.52. The van der Waals surface area contributed by atoms with Gasteiger partial charge in [0.25, 0.3) is 5.91 Å². The first-order valence-corrected chi connectivity index (χ1v) is 14.1. The van der Waals surface area contributed by atoms with Gasteiger partial charge in [-0.05, 0) is 49.1 Å². The molecule has 1 amide bonds. The van der Waals surface area contributed by atoms with Gasteiger partial charge in [-0.25, -0.2) is 17.2 Å². The molecule has 2 aromatic carbocycles. The molecule has 2 aromatic rings. The maximum Gasteiger partial charge on any atom is 0.293 e. The van der Waals surface area contributed by atoms with Crippen LogP contribution in [0.4, 0.5) is 20.2 Å². The summed E-state index contributed by atoms with van der Waals surface area (Å²) in [5, 5.41) is 10.4. The zero-order chi connectivity index (χ0) is 28.4. The van der Waals surface area contributed by atoms with E-state index in [1.807, 2.05) is 0 Å². The van der Waals surface area contributed by atoms with Crippen molar-refractivity contribution in [2.75, 3.05) is 43.8 Å². The fourth-order valence-electron chi connectivity index (χ4n) is 4.06. The number of carbonyl (C=O) groups excluding carboxylic acids is 1. The van der Waals surface area contributed by atoms with Crippen molar-refractivity contribution in [1.29, 1.82) is 5.41 Å². The van der Waals surface area contributed by atoms with E-state index in [4.69, 9.17) is 15.9 Å². The van der Waals surface area contributed by atoms with Crippen molar-refractivity contribution in [3.05, 3.63) is 83.8 Å². The third kappa shape index (κ3) is 8.62. The second-order valence-corrected chi connectivity index (χ2v) is 11.0. The number of nitrogens with two attached hydrogens (primary N) is 1. The highest BCUT2D eigenvalue weighted by Crippen LogP contribution is 2.21. The SMILES string of the molecule is C=CCCCCO/C(C(=O)Nc1cc(F)cc(F)c1)=C(/C=N)N1CCN(S(=O)(=O)Cc2ccc(N)cc2)CC1. The van der Waals surface area contributed by atoms with Gasteiger partial charge >= 0.3 is 0 Å². The lowest BCUT2D eigenvalue weighted by Crippen LogP contribution is -2.49. The summed E-state index contributed by atoms with van der Waals surface area (Å²) in [6, 6.07) is 9.25. The van der Waals surface area contributed by atoms with Crippen molar-refractivity contribution in [2.24, 2.45) is 0 Å². The molecule has 0 spiro atoms. The van der Waals surface area contributed by atoms with Gasteiger partial charge in [-0.1, -0.05) is 18.2 Å². The lowest BCUT2D eigenvalue weighted by atomic mass is 10.2. The molecule has 0 bridgehead atoms. The quantitative estimate of drug-likeness (QED) is 0.0851. The molecular formula is C27H33F2N5O4S. The molecule has 12 heteroatoms. The highest BCUT2D eigenvalue weighted by atomic mass is 32.2. The van der Waals surface area contributed by atoms with Crippen molar-refractivity contribution in [2.45, 2.75) is 25.0 Å². The summed E-state index contributed by atoms with van der Waals surface area (Å²) in [6.07, 6.45) is 4.88. The van der Waals surface area contributed by atoms with Gasteiger partial charge in [0.1, 0.15) is 17.3 Å². The number of benzene rings is 2. The molecule has 210 valence electrons. The van der Waals surface area contributed by atoms with Crippen LogP contribution in [0.1, 0.15) is 24.8 Å². The monoisotopic (exact) mass is 561 g/mol. The number of halogens is 2. The maximum absolute atomic E-state index is 13.7. The summed E-state index contributed by atoms with van der Waals surface area (Å²) in [7, 11) is -3.61. The number of hydrogen-bond acceptors (Lipinski definition) is 7. The Balaban J connectivity index is 1.76. The Kier molecular flexibility index (Phi) is 10.6. The van der Waals surface area contributed by atoms with Gasteiger partial charge in [-0.2, -0.15) is 4.31 Å². The van der Waals surface area contributed by atoms with Gasteiger partial charge in [0.05, 0.1) is 12.4 Å². The van der Waals surface area contributed by atoms with E-state index in [1.165, 1.54) is 4.31 Å². The molecular weight excluding hydrogens is 528 g/mol. The number of nitrogens with zero attached hydrogens (tertiary/aromatic N) is 2. The highest BCUT2D eigenvalue weighted by molar-refractivity contribution is 7.88. The van der Waals surface area contributed by atoms with Crippen LogP contribution < -0.4 is 11.1 Å². The molecule has 1 heterocycles. The lowest BCUT2D eigenvalue weighted by Gasteiger charge is -2.36. The number of carbonyl (C=O) groups is 1. The largest absolute Gasteiger partial charge is 0.486 e. The number of allylic oxidation sites excluding steroid dienone is 2. The Morgan fingerprint density at radius 1 is 1.08 bits per heavy atom. The number of nitrogen functional groups attached to an aromatic ring is 1. The van der Waals surface area contributed by atoms with Crippen LogP contribution in [-0.2, 0) is 25.3 Å². The molecule has 3 rings (SSSR count). The highest BCUT2D eigenvalue weighted by Gasteiger charge is 2.30. The third-order valence-corrected chi connectivity index (χ3v) is 7.90. The van der Waals surface area contributed by atoms with E-state index in [0.29, 0.717) is 23.7 Å². The molecule has 0 saturated carbocycles. The van der Waals surface area contributed by atoms with Crippen molar-refractivity contribution >= 4 is 33.5 Å². The first-order chi connectivity index (χ1) is 18.6. The second kappa shape index (κ2) is 13.9. The van der Waals surface area contributed by atoms with Gasteiger partial charge in [0, 0.05) is 49.8 Å². The lowest BCUT2D eigenvalue weighted by molar-refractivity contribution is -0.116. The smallest absolute Gasteiger partial charge is 0.293 e. The number of sulfonamides is 1. The molecule has 1 aliphatic rings. The van der Waals surface area contributed by atoms with E-state index in [0.717, 1.165) is 31.2 Å². The number of rotatable bonds is 13. The normalized spacial score (nSPS) is 14.9. The number of hydrogen-bond donors (Lipinski definition) is 3. The van der Waals surface area contributed by atoms with Gasteiger partial charge in [-0.15, -0.1) is 6.58 Å². The number of piperazine rings is 1. The van der Waals surface area contributed by atoms with Gasteiger partial charge in [-0.3, -0.25) is 4.79 Å². The van der Waals surface area contributed by atoms with Crippen LogP contribution in [-0.4, -0.2) is 62.5 Å². The Morgan fingerprint density at radius 3 is 2.31 bits per heavy atom. The third-order valence-electron chi connectivity index (χ3n) is 6.05. The minimum absolute atomic E-state index is 0.104. The minimum atomic E-state index is -3.61. The van der Waals surface area contributed by atoms with Crippen LogP contribution in [0.25, 0.3) is 0 Å². The first kappa shape index (κ1) is 29.8. The fourth-order valence-corrected chi connectivity index (χ4v) is 5.57. The Labute approximate surface area is 227 Å². The molecule has 0 aromatic heterocycles. The molecule has 1 aliphatic heterocycles. The number of nitrogens with one attached hydrogen (secondary N) is 2. The average molecular weight is 562 g/mol. The first-order valence-electron chi connectivity index (χ1n) is 12.5. The van der Waals surface area contributed by atoms with Gasteiger partial charge in [0.2, 0.25) is 15.8 Å². The molecule has 39 heavy (non-hydrogen) atoms. The maximum atomic E-state index is 13.7. The average Bonchev–Trinajstić information content (AvgIpc) is 2.88. The van der Waals surface area contributed by atoms with Gasteiger partial charge < -0.3 is 26.1 Å². The predicted octanol–water partition coefficient (Wildman–Crippen LogP) is 3.87. The summed E-state index contributed by atoms with van der Waals surface area (Å²) in [4.78, 5) is 14.8. The molecule has 0 unspecified atom stereocenters. The van der Waals surface area contributed by atoms with Crippen LogP contribution in [0.15, 0.2) is 66.6 Å². The van der Waals surface area contributed by atoms with Crippen LogP contribution in [0, 0.1) is 17.0 Å². The molecule has 1 fully saturated rings. The van der Waals surface area contributed by atoms with Crippen LogP contribution in [0.2, 0.25) is 0 Å². The van der Waals surface area contributed by atoms with E-state index in [9.17, 15) is 22.0 Å². The van der Waals surface area contributed by atoms with Crippen LogP contribution in [0.3, 0.4) is 0 Å². The molecule has 0 aliphatic carbocycles. The molecule has 0 atom stereocenters. The van der Waals surface area contributed by atoms with E-state index in [-0.39, 0.29) is 55.7 Å². The summed E-state index contributed by atoms with van der Waals surface area (Å²) >= 11 is 0. The zero-order valence-corrected chi connectivity index (χ0v) is 22.4. The zero-order valence-electron chi connectivity index (χ0n) is 21.5. The van der Waals surface area contributed by atoms with Crippen molar-refractivity contribution in [1.82, 2.24) is 9.21 Å². The second-order valence-electron chi connectivity index (χ2n) is 8.99. The van der Waals surface area contributed by atoms with Crippen molar-refractivity contribution in [3.63, 3.8) is 0 Å². The molecule has 4 N–H and O–H groups in total. The minimum Gasteiger partial charge on any atom is -0.486 e. The van der Waals surface area contributed by atoms with Crippen molar-refractivity contribution < 1.29 is 26.7 Å². The van der Waals surface area contributed by atoms with Gasteiger partial charge in [0.15, 0.2) is 0 Å². The Morgan fingerprint density at radius 2 is 1.72 bits per heavy atom.